The summed E-state index contributed by atoms with van der Waals surface area (Å²) >= 11 is 4.99. The Morgan fingerprint density at radius 1 is 1.13 bits per heavy atom. The number of hydrogen-bond donors (Lipinski definition) is 1. The molecule has 4 nitrogen and oxygen atoms in total. The van der Waals surface area contributed by atoms with E-state index in [1.54, 1.807) is 37.0 Å². The molecule has 2 aromatic carbocycles. The monoisotopic (exact) mass is 392 g/mol. The molecule has 120 valence electrons. The molecule has 0 radical (unpaired) electrons. The highest BCUT2D eigenvalue weighted by atomic mass is 79.9. The Labute approximate surface area is 148 Å². The van der Waals surface area contributed by atoms with E-state index in [4.69, 9.17) is 0 Å². The maximum absolute atomic E-state index is 12.3. The van der Waals surface area contributed by atoms with Crippen LogP contribution in [0.4, 0.5) is 5.69 Å². The van der Waals surface area contributed by atoms with Crippen LogP contribution in [-0.4, -0.2) is 36.6 Å². The topological polar surface area (TPSA) is 49.4 Å². The third-order valence-corrected chi connectivity index (χ3v) is 4.65. The van der Waals surface area contributed by atoms with Crippen molar-refractivity contribution in [2.24, 2.45) is 0 Å². The molecule has 0 saturated heterocycles. The number of likely N-dealkylation sites (N-methyl/N-ethyl adjacent to an activating group) is 1. The molecule has 0 atom stereocenters. The Morgan fingerprint density at radius 3 is 2.39 bits per heavy atom. The Morgan fingerprint density at radius 2 is 1.78 bits per heavy atom. The first-order valence-corrected chi connectivity index (χ1v) is 8.97. The van der Waals surface area contributed by atoms with Crippen LogP contribution in [0.25, 0.3) is 0 Å². The minimum atomic E-state index is -0.242. The molecular formula is C17H17BrN2O2S. The van der Waals surface area contributed by atoms with E-state index in [0.29, 0.717) is 11.3 Å². The van der Waals surface area contributed by atoms with Gasteiger partial charge in [0.25, 0.3) is 5.91 Å². The van der Waals surface area contributed by atoms with Crippen LogP contribution in [0.5, 0.6) is 0 Å². The number of thioether (sulfide) groups is 1. The third kappa shape index (κ3) is 4.84. The second kappa shape index (κ2) is 8.17. The van der Waals surface area contributed by atoms with Crippen molar-refractivity contribution in [3.05, 3.63) is 58.6 Å². The van der Waals surface area contributed by atoms with Crippen molar-refractivity contribution >= 4 is 45.2 Å². The molecule has 0 unspecified atom stereocenters. The molecule has 0 aliphatic heterocycles. The number of carbonyl (C=O) groups is 2. The van der Waals surface area contributed by atoms with Crippen LogP contribution in [0.15, 0.2) is 57.9 Å². The van der Waals surface area contributed by atoms with Crippen molar-refractivity contribution in [2.75, 3.05) is 25.2 Å². The molecule has 0 saturated carbocycles. The first-order chi connectivity index (χ1) is 11.0. The zero-order valence-corrected chi connectivity index (χ0v) is 15.3. The SMILES string of the molecule is CSc1ccc(C(=O)N(C)CC(=O)Nc2ccccc2Br)cc1. The van der Waals surface area contributed by atoms with E-state index in [1.807, 2.05) is 36.6 Å². The number of carbonyl (C=O) groups excluding carboxylic acids is 2. The Bertz CT molecular complexity index is 704. The minimum absolute atomic E-state index is 0.00948. The van der Waals surface area contributed by atoms with Crippen LogP contribution in [0.3, 0.4) is 0 Å². The van der Waals surface area contributed by atoms with E-state index in [1.165, 1.54) is 4.90 Å². The van der Waals surface area contributed by atoms with E-state index >= 15 is 0 Å². The van der Waals surface area contributed by atoms with E-state index < -0.39 is 0 Å². The lowest BCUT2D eigenvalue weighted by Gasteiger charge is -2.17. The third-order valence-electron chi connectivity index (χ3n) is 3.21. The van der Waals surface area contributed by atoms with Gasteiger partial charge in [-0.3, -0.25) is 9.59 Å². The molecule has 0 heterocycles. The Hall–Kier alpha value is -1.79. The highest BCUT2D eigenvalue weighted by Crippen LogP contribution is 2.21. The lowest BCUT2D eigenvalue weighted by Crippen LogP contribution is -2.34. The zero-order chi connectivity index (χ0) is 16.8. The van der Waals surface area contributed by atoms with Gasteiger partial charge in [-0.2, -0.15) is 0 Å². The minimum Gasteiger partial charge on any atom is -0.332 e. The Balaban J connectivity index is 1.97. The summed E-state index contributed by atoms with van der Waals surface area (Å²) in [7, 11) is 1.62. The zero-order valence-electron chi connectivity index (χ0n) is 12.9. The lowest BCUT2D eigenvalue weighted by molar-refractivity contribution is -0.116. The van der Waals surface area contributed by atoms with Crippen LogP contribution in [-0.2, 0) is 4.79 Å². The van der Waals surface area contributed by atoms with E-state index in [2.05, 4.69) is 21.2 Å². The van der Waals surface area contributed by atoms with Crippen molar-refractivity contribution in [3.63, 3.8) is 0 Å². The van der Waals surface area contributed by atoms with Crippen LogP contribution in [0.2, 0.25) is 0 Å². The first-order valence-electron chi connectivity index (χ1n) is 6.95. The van der Waals surface area contributed by atoms with Crippen molar-refractivity contribution < 1.29 is 9.59 Å². The number of anilines is 1. The van der Waals surface area contributed by atoms with Gasteiger partial charge in [-0.05, 0) is 58.6 Å². The quantitative estimate of drug-likeness (QED) is 0.785. The first kappa shape index (κ1) is 17.6. The second-order valence-corrected chi connectivity index (χ2v) is 6.65. The van der Waals surface area contributed by atoms with E-state index in [-0.39, 0.29) is 18.4 Å². The molecule has 2 amide bonds. The predicted molar refractivity (Wildman–Crippen MR) is 98.0 cm³/mol. The van der Waals surface area contributed by atoms with Gasteiger partial charge in [0.2, 0.25) is 5.91 Å². The molecule has 0 aliphatic rings. The molecule has 23 heavy (non-hydrogen) atoms. The number of nitrogens with one attached hydrogen (secondary N) is 1. The molecule has 6 heteroatoms. The van der Waals surface area contributed by atoms with Crippen LogP contribution < -0.4 is 5.32 Å². The van der Waals surface area contributed by atoms with Crippen molar-refractivity contribution in [1.82, 2.24) is 4.90 Å². The average Bonchev–Trinajstić information content (AvgIpc) is 2.56. The number of benzene rings is 2. The number of nitrogens with zero attached hydrogens (tertiary/aromatic N) is 1. The van der Waals surface area contributed by atoms with Crippen molar-refractivity contribution in [2.45, 2.75) is 4.90 Å². The summed E-state index contributed by atoms with van der Waals surface area (Å²) < 4.78 is 0.801. The predicted octanol–water partition coefficient (Wildman–Crippen LogP) is 3.88. The number of para-hydroxylation sites is 1. The smallest absolute Gasteiger partial charge is 0.254 e. The van der Waals surface area contributed by atoms with Gasteiger partial charge < -0.3 is 10.2 Å². The fourth-order valence-electron chi connectivity index (χ4n) is 1.99. The maximum Gasteiger partial charge on any atom is 0.254 e. The standard InChI is InChI=1S/C17H17BrN2O2S/c1-20(17(22)12-7-9-13(23-2)10-8-12)11-16(21)19-15-6-4-3-5-14(15)18/h3-10H,11H2,1-2H3,(H,19,21). The van der Waals surface area contributed by atoms with Crippen molar-refractivity contribution in [1.29, 1.82) is 0 Å². The Kier molecular flexibility index (Phi) is 6.24. The van der Waals surface area contributed by atoms with Crippen LogP contribution >= 0.6 is 27.7 Å². The molecule has 0 spiro atoms. The summed E-state index contributed by atoms with van der Waals surface area (Å²) in [5.41, 5.74) is 1.25. The number of halogens is 1. The number of amides is 2. The molecule has 2 aromatic rings. The molecule has 2 rings (SSSR count). The van der Waals surface area contributed by atoms with Gasteiger partial charge in [0.05, 0.1) is 12.2 Å². The van der Waals surface area contributed by atoms with Gasteiger partial charge in [-0.1, -0.05) is 12.1 Å². The van der Waals surface area contributed by atoms with Gasteiger partial charge in [-0.25, -0.2) is 0 Å². The largest absolute Gasteiger partial charge is 0.332 e. The van der Waals surface area contributed by atoms with E-state index in [0.717, 1.165) is 9.37 Å². The van der Waals surface area contributed by atoms with Crippen LogP contribution in [0, 0.1) is 0 Å². The molecular weight excluding hydrogens is 376 g/mol. The summed E-state index contributed by atoms with van der Waals surface area (Å²) in [6.45, 7) is -0.00948. The van der Waals surface area contributed by atoms with Gasteiger partial charge in [0.1, 0.15) is 0 Å². The number of hydrogen-bond acceptors (Lipinski definition) is 3. The lowest BCUT2D eigenvalue weighted by atomic mass is 10.2. The van der Waals surface area contributed by atoms with Crippen molar-refractivity contribution in [3.8, 4) is 0 Å². The van der Waals surface area contributed by atoms with Gasteiger partial charge in [0.15, 0.2) is 0 Å². The maximum atomic E-state index is 12.3. The van der Waals surface area contributed by atoms with Gasteiger partial charge in [-0.15, -0.1) is 11.8 Å². The fourth-order valence-corrected chi connectivity index (χ4v) is 2.79. The highest BCUT2D eigenvalue weighted by molar-refractivity contribution is 9.10. The fraction of sp³-hybridized carbons (Fsp3) is 0.176. The number of rotatable bonds is 5. The summed E-state index contributed by atoms with van der Waals surface area (Å²) in [5, 5.41) is 2.78. The van der Waals surface area contributed by atoms with Gasteiger partial charge >= 0.3 is 0 Å². The second-order valence-electron chi connectivity index (χ2n) is 4.92. The molecule has 0 fully saturated rings. The molecule has 0 aliphatic carbocycles. The summed E-state index contributed by atoms with van der Waals surface area (Å²) in [6, 6.07) is 14.7. The summed E-state index contributed by atoms with van der Waals surface area (Å²) in [6.07, 6.45) is 1.98. The van der Waals surface area contributed by atoms with E-state index in [9.17, 15) is 9.59 Å². The van der Waals surface area contributed by atoms with Crippen LogP contribution in [0.1, 0.15) is 10.4 Å². The summed E-state index contributed by atoms with van der Waals surface area (Å²) in [4.78, 5) is 26.9. The molecule has 1 N–H and O–H groups in total. The average molecular weight is 393 g/mol. The molecule has 0 aromatic heterocycles. The normalized spacial score (nSPS) is 10.2. The van der Waals surface area contributed by atoms with Gasteiger partial charge in [0, 0.05) is 22.0 Å². The summed E-state index contributed by atoms with van der Waals surface area (Å²) in [5.74, 6) is -0.423. The highest BCUT2D eigenvalue weighted by Gasteiger charge is 2.15. The molecule has 0 bridgehead atoms.